The second-order valence-corrected chi connectivity index (χ2v) is 9.17. The Bertz CT molecular complexity index is 1260. The van der Waals surface area contributed by atoms with Crippen molar-refractivity contribution in [3.8, 4) is 11.5 Å². The fourth-order valence-electron chi connectivity index (χ4n) is 3.30. The van der Waals surface area contributed by atoms with Crippen LogP contribution in [-0.2, 0) is 11.4 Å². The summed E-state index contributed by atoms with van der Waals surface area (Å²) >= 11 is 13.6. The summed E-state index contributed by atoms with van der Waals surface area (Å²) in [6, 6.07) is 20.3. The van der Waals surface area contributed by atoms with Crippen molar-refractivity contribution >= 4 is 57.8 Å². The molecule has 0 radical (unpaired) electrons. The molecule has 1 heterocycles. The van der Waals surface area contributed by atoms with Gasteiger partial charge >= 0.3 is 0 Å². The van der Waals surface area contributed by atoms with Crippen LogP contribution in [0, 0.1) is 0 Å². The first kappa shape index (κ1) is 24.2. The highest BCUT2D eigenvalue weighted by Crippen LogP contribution is 2.36. The molecule has 1 saturated heterocycles. The molecule has 0 unspecified atom stereocenters. The predicted molar refractivity (Wildman–Crippen MR) is 140 cm³/mol. The van der Waals surface area contributed by atoms with Crippen LogP contribution in [0.3, 0.4) is 0 Å². The molecule has 4 rings (SSSR count). The Kier molecular flexibility index (Phi) is 7.83. The number of rotatable bonds is 7. The zero-order valence-corrected chi connectivity index (χ0v) is 21.0. The largest absolute Gasteiger partial charge is 0.497 e. The van der Waals surface area contributed by atoms with E-state index in [9.17, 15) is 4.79 Å². The Morgan fingerprint density at radius 1 is 1.06 bits per heavy atom. The van der Waals surface area contributed by atoms with Crippen LogP contribution in [-0.4, -0.2) is 29.6 Å². The summed E-state index contributed by atoms with van der Waals surface area (Å²) in [5.74, 6) is 1.32. The van der Waals surface area contributed by atoms with E-state index in [1.165, 1.54) is 11.8 Å². The number of amidine groups is 1. The van der Waals surface area contributed by atoms with Gasteiger partial charge in [0, 0.05) is 27.7 Å². The number of carbonyl (C=O) groups is 1. The van der Waals surface area contributed by atoms with E-state index in [4.69, 9.17) is 32.7 Å². The van der Waals surface area contributed by atoms with E-state index in [2.05, 4.69) is 4.99 Å². The minimum absolute atomic E-state index is 0.0877. The van der Waals surface area contributed by atoms with Gasteiger partial charge in [0.15, 0.2) is 5.17 Å². The molecule has 1 aliphatic heterocycles. The van der Waals surface area contributed by atoms with Gasteiger partial charge in [-0.2, -0.15) is 0 Å². The van der Waals surface area contributed by atoms with E-state index in [1.807, 2.05) is 67.6 Å². The SMILES string of the molecule is CCN1C(=O)/C(=C/c2ccccc2OCc2ccc(Cl)cc2Cl)SC1=Nc1ccc(OC)cc1. The summed E-state index contributed by atoms with van der Waals surface area (Å²) in [6.07, 6.45) is 1.84. The van der Waals surface area contributed by atoms with Crippen LogP contribution in [0.4, 0.5) is 5.69 Å². The van der Waals surface area contributed by atoms with Gasteiger partial charge in [-0.05, 0) is 67.2 Å². The van der Waals surface area contributed by atoms with Crippen molar-refractivity contribution in [2.24, 2.45) is 4.99 Å². The van der Waals surface area contributed by atoms with Gasteiger partial charge in [0.25, 0.3) is 5.91 Å². The standard InChI is InChI=1S/C26H22Cl2N2O3S/c1-3-30-25(31)24(34-26(30)29-20-10-12-21(32-2)13-11-20)14-17-6-4-5-7-23(17)33-16-18-8-9-19(27)15-22(18)28/h4-15H,3,16H2,1-2H3/b24-14-,29-26?. The molecule has 5 nitrogen and oxygen atoms in total. The van der Waals surface area contributed by atoms with E-state index >= 15 is 0 Å². The molecule has 1 aliphatic rings. The lowest BCUT2D eigenvalue weighted by molar-refractivity contribution is -0.122. The van der Waals surface area contributed by atoms with Gasteiger partial charge < -0.3 is 9.47 Å². The molecule has 0 N–H and O–H groups in total. The number of hydrogen-bond acceptors (Lipinski definition) is 5. The number of thioether (sulfide) groups is 1. The van der Waals surface area contributed by atoms with Gasteiger partial charge in [0.05, 0.1) is 17.7 Å². The topological polar surface area (TPSA) is 51.1 Å². The van der Waals surface area contributed by atoms with E-state index in [1.54, 1.807) is 24.1 Å². The lowest BCUT2D eigenvalue weighted by Crippen LogP contribution is -2.28. The molecule has 0 aliphatic carbocycles. The number of halogens is 2. The summed E-state index contributed by atoms with van der Waals surface area (Å²) in [7, 11) is 1.62. The zero-order chi connectivity index (χ0) is 24.1. The number of likely N-dealkylation sites (N-methyl/N-ethyl adjacent to an activating group) is 1. The number of amides is 1. The quantitative estimate of drug-likeness (QED) is 0.314. The monoisotopic (exact) mass is 512 g/mol. The predicted octanol–water partition coefficient (Wildman–Crippen LogP) is 7.20. The second-order valence-electron chi connectivity index (χ2n) is 7.31. The summed E-state index contributed by atoms with van der Waals surface area (Å²) in [5, 5.41) is 1.75. The number of benzene rings is 3. The molecule has 174 valence electrons. The highest BCUT2D eigenvalue weighted by atomic mass is 35.5. The van der Waals surface area contributed by atoms with Crippen LogP contribution in [0.2, 0.25) is 10.0 Å². The highest BCUT2D eigenvalue weighted by Gasteiger charge is 2.32. The smallest absolute Gasteiger partial charge is 0.266 e. The maximum atomic E-state index is 13.1. The van der Waals surface area contributed by atoms with Crippen molar-refractivity contribution in [3.05, 3.63) is 92.8 Å². The van der Waals surface area contributed by atoms with Crippen molar-refractivity contribution in [2.45, 2.75) is 13.5 Å². The molecule has 3 aromatic rings. The minimum Gasteiger partial charge on any atom is -0.497 e. The van der Waals surface area contributed by atoms with Gasteiger partial charge in [-0.1, -0.05) is 47.5 Å². The number of nitrogens with zero attached hydrogens (tertiary/aromatic N) is 2. The lowest BCUT2D eigenvalue weighted by atomic mass is 10.1. The van der Waals surface area contributed by atoms with Crippen molar-refractivity contribution in [1.82, 2.24) is 4.90 Å². The fraction of sp³-hybridized carbons (Fsp3) is 0.154. The molecule has 3 aromatic carbocycles. The van der Waals surface area contributed by atoms with E-state index in [0.29, 0.717) is 32.4 Å². The van der Waals surface area contributed by atoms with Gasteiger partial charge in [-0.15, -0.1) is 0 Å². The molecule has 0 bridgehead atoms. The van der Waals surface area contributed by atoms with Crippen molar-refractivity contribution < 1.29 is 14.3 Å². The Morgan fingerprint density at radius 2 is 1.82 bits per heavy atom. The summed E-state index contributed by atoms with van der Waals surface area (Å²) in [5.41, 5.74) is 2.37. The van der Waals surface area contributed by atoms with Gasteiger partial charge in [-0.3, -0.25) is 9.69 Å². The first-order chi connectivity index (χ1) is 16.5. The maximum absolute atomic E-state index is 13.1. The molecule has 8 heteroatoms. The molecule has 1 fully saturated rings. The van der Waals surface area contributed by atoms with Crippen LogP contribution < -0.4 is 9.47 Å². The Balaban J connectivity index is 1.57. The average molecular weight is 513 g/mol. The van der Waals surface area contributed by atoms with Crippen LogP contribution in [0.5, 0.6) is 11.5 Å². The first-order valence-electron chi connectivity index (χ1n) is 10.6. The van der Waals surface area contributed by atoms with Crippen LogP contribution in [0.1, 0.15) is 18.1 Å². The highest BCUT2D eigenvalue weighted by molar-refractivity contribution is 8.18. The molecule has 0 saturated carbocycles. The van der Waals surface area contributed by atoms with Crippen molar-refractivity contribution in [2.75, 3.05) is 13.7 Å². The molecular weight excluding hydrogens is 491 g/mol. The third-order valence-corrected chi connectivity index (χ3v) is 6.70. The Morgan fingerprint density at radius 3 is 2.53 bits per heavy atom. The first-order valence-corrected chi connectivity index (χ1v) is 12.2. The molecule has 0 aromatic heterocycles. The number of para-hydroxylation sites is 1. The third-order valence-electron chi connectivity index (χ3n) is 5.11. The van der Waals surface area contributed by atoms with Crippen molar-refractivity contribution in [1.29, 1.82) is 0 Å². The van der Waals surface area contributed by atoms with Crippen LogP contribution >= 0.6 is 35.0 Å². The average Bonchev–Trinajstić information content (AvgIpc) is 3.13. The number of aliphatic imine (C=N–C) groups is 1. The van der Waals surface area contributed by atoms with Crippen LogP contribution in [0.25, 0.3) is 6.08 Å². The van der Waals surface area contributed by atoms with Gasteiger partial charge in [-0.25, -0.2) is 4.99 Å². The fourth-order valence-corrected chi connectivity index (χ4v) is 4.82. The normalized spacial score (nSPS) is 15.9. The number of ether oxygens (including phenoxy) is 2. The van der Waals surface area contributed by atoms with Crippen LogP contribution in [0.15, 0.2) is 76.6 Å². The number of carbonyl (C=O) groups excluding carboxylic acids is 1. The van der Waals surface area contributed by atoms with Gasteiger partial charge in [0.2, 0.25) is 0 Å². The molecule has 34 heavy (non-hydrogen) atoms. The molecular formula is C26H22Cl2N2O3S. The van der Waals surface area contributed by atoms with E-state index < -0.39 is 0 Å². The molecule has 1 amide bonds. The maximum Gasteiger partial charge on any atom is 0.266 e. The number of methoxy groups -OCH3 is 1. The van der Waals surface area contributed by atoms with Gasteiger partial charge in [0.1, 0.15) is 18.1 Å². The molecule has 0 atom stereocenters. The van der Waals surface area contributed by atoms with E-state index in [-0.39, 0.29) is 12.5 Å². The van der Waals surface area contributed by atoms with Crippen molar-refractivity contribution in [3.63, 3.8) is 0 Å². The second kappa shape index (κ2) is 11.0. The Hall–Kier alpha value is -2.93. The summed E-state index contributed by atoms with van der Waals surface area (Å²) < 4.78 is 11.2. The summed E-state index contributed by atoms with van der Waals surface area (Å²) in [6.45, 7) is 2.73. The molecule has 0 spiro atoms. The third kappa shape index (κ3) is 5.58. The zero-order valence-electron chi connectivity index (χ0n) is 18.6. The van der Waals surface area contributed by atoms with E-state index in [0.717, 1.165) is 22.6 Å². The Labute approximate surface area is 213 Å². The number of hydrogen-bond donors (Lipinski definition) is 0. The minimum atomic E-state index is -0.0877. The summed E-state index contributed by atoms with van der Waals surface area (Å²) in [4.78, 5) is 20.0. The lowest BCUT2D eigenvalue weighted by Gasteiger charge is -2.12.